The predicted octanol–water partition coefficient (Wildman–Crippen LogP) is 11.8. The molecule has 3 fully saturated rings. The van der Waals surface area contributed by atoms with Gasteiger partial charge in [-0.2, -0.15) is 10.1 Å². The fourth-order valence-electron chi connectivity index (χ4n) is 17.2. The standard InChI is InChI=1S/C95H143N13O21/c1-61-24-16-14-17-25-62(2)79(118-11)57-73-34-31-67(7)95(117,128-73)88(114)91(115)106-40-21-19-29-77(106)92(116)126-80(58-74(104-129-94(8,9)10)63(3)53-66(6)86(113)87(120-13)85(112)65(5)52-61)64(4)54-68-32-35-76(81(55-68)119-12)108-59-70(102-105-108)26-22-30-82(111)98-39-45-124-49-51-125-50-48-123-44-38-72(110)28-23-42-121-46-47-122-43-37-71(109)27-18-15-20-41-107-90-83(89(96)99-60-100-90)84(103-107)69-33-36-78-75(56-69)101-93(97)127-78/h14,16-17,24-25,33,36,53,56,59-61,63-65,67-68,73,76-77,79-81,86-87,113,117H,15,18-23,26-32,34-35,37-52,54-55,57-58H2,1-13H3,(H2,97,101)(H,98,111)(H2,96,99,100)/b17-14+,24-16+,62-25+,66-53+,104-74-/t61-,63-,64-,65-,67-,68+,73+,76+,77+,79+,80+,81-,86-,87+,95-/m1/s1. The van der Waals surface area contributed by atoms with Crippen molar-refractivity contribution >= 4 is 80.6 Å². The molecule has 34 heteroatoms. The van der Waals surface area contributed by atoms with Crippen LogP contribution in [0.5, 0.6) is 0 Å². The van der Waals surface area contributed by atoms with E-state index < -0.39 is 83.4 Å². The van der Waals surface area contributed by atoms with Gasteiger partial charge in [0.1, 0.15) is 64.9 Å². The average molecular weight is 1800 g/mol. The van der Waals surface area contributed by atoms with Crippen molar-refractivity contribution in [3.63, 3.8) is 0 Å². The van der Waals surface area contributed by atoms with Gasteiger partial charge in [-0.15, -0.1) is 5.10 Å². The van der Waals surface area contributed by atoms with Gasteiger partial charge < -0.3 is 88.5 Å². The van der Waals surface area contributed by atoms with Crippen LogP contribution in [0, 0.1) is 35.5 Å². The summed E-state index contributed by atoms with van der Waals surface area (Å²) in [6, 6.07) is 4.28. The number of nitrogens with zero attached hydrogens (tertiary/aromatic N) is 10. The number of nitrogens with two attached hydrogens (primary N) is 2. The van der Waals surface area contributed by atoms with Crippen LogP contribution in [0.15, 0.2) is 87.9 Å². The van der Waals surface area contributed by atoms with Gasteiger partial charge in [0.25, 0.3) is 17.7 Å². The van der Waals surface area contributed by atoms with Crippen LogP contribution in [0.2, 0.25) is 0 Å². The first-order valence-electron chi connectivity index (χ1n) is 46.3. The summed E-state index contributed by atoms with van der Waals surface area (Å²) in [7, 11) is 4.68. The molecule has 1 aliphatic carbocycles. The molecule has 2 saturated heterocycles. The Hall–Kier alpha value is -8.94. The Morgan fingerprint density at radius 1 is 0.760 bits per heavy atom. The molecule has 34 nitrogen and oxygen atoms in total. The minimum Gasteiger partial charge on any atom is -0.460 e. The number of esters is 1. The van der Waals surface area contributed by atoms with E-state index in [2.05, 4.69) is 30.6 Å². The van der Waals surface area contributed by atoms with Crippen molar-refractivity contribution in [2.45, 2.75) is 284 Å². The quantitative estimate of drug-likeness (QED) is 0.00797. The number of Topliss-reactive ketones (excluding diaryl/α,β-unsaturated/α-hetero) is 4. The van der Waals surface area contributed by atoms with Crippen LogP contribution in [0.4, 0.5) is 11.8 Å². The van der Waals surface area contributed by atoms with Crippen molar-refractivity contribution in [1.29, 1.82) is 0 Å². The summed E-state index contributed by atoms with van der Waals surface area (Å²) in [5.41, 5.74) is 17.1. The Bertz CT molecular complexity index is 4570. The number of carbonyl (C=O) groups is 7. The summed E-state index contributed by atoms with van der Waals surface area (Å²) < 4.78 is 68.2. The molecule has 7 heterocycles. The van der Waals surface area contributed by atoms with Gasteiger partial charge in [0, 0.05) is 122 Å². The van der Waals surface area contributed by atoms with E-state index in [9.17, 15) is 39.0 Å². The SMILES string of the molecule is CO[C@H]1C[C@@H]2CC[C@@H](C)[C@@](O)(O2)C(=O)C(=O)N2CCCC[C@H]2C(=O)O[C@H]([C@H](C)C[C@@H]2CC[C@H](n3cc(CCCC(=O)NCCOCCOCCOCCC(=O)CCCOCCOCCC(=O)CCCCCn4nc(-c5ccc6oc(N)nc6c5)c5c(N)ncnc54)nn3)[C@H](OC)C2)C/C(=N/OC(C)(C)C)[C@H](C)/C=C(\C)[C@@H](O)[C@@H](OC)C(=O)[C@H](C)C[C@H](C)/C=C/C=C/C=C/1C. The maximum absolute atomic E-state index is 15.2. The number of hydrogen-bond acceptors (Lipinski definition) is 30. The van der Waals surface area contributed by atoms with Crippen molar-refractivity contribution in [3.05, 3.63) is 84.0 Å². The van der Waals surface area contributed by atoms with E-state index in [1.807, 2.05) is 120 Å². The zero-order chi connectivity index (χ0) is 93.2. The Morgan fingerprint density at radius 3 is 2.19 bits per heavy atom. The molecule has 3 aliphatic heterocycles. The molecular formula is C95H143N13O21. The van der Waals surface area contributed by atoms with Gasteiger partial charge in [0.05, 0.1) is 101 Å². The highest BCUT2D eigenvalue weighted by atomic mass is 16.7. The first kappa shape index (κ1) is 104. The van der Waals surface area contributed by atoms with Crippen LogP contribution in [-0.4, -0.2) is 256 Å². The van der Waals surface area contributed by atoms with Crippen LogP contribution >= 0.6 is 0 Å². The third-order valence-corrected chi connectivity index (χ3v) is 24.7. The van der Waals surface area contributed by atoms with E-state index in [4.69, 9.17) is 78.3 Å². The number of rotatable bonds is 41. The Kier molecular flexibility index (Phi) is 42.1. The summed E-state index contributed by atoms with van der Waals surface area (Å²) in [5, 5.41) is 46.5. The Morgan fingerprint density at radius 2 is 1.47 bits per heavy atom. The number of piperidine rings is 1. The fraction of sp³-hybridized carbons (Fsp3) is 0.684. The number of nitrogen functional groups attached to an aromatic ring is 2. The normalized spacial score (nSPS) is 26.7. The van der Waals surface area contributed by atoms with Gasteiger partial charge in [0.2, 0.25) is 11.7 Å². The smallest absolute Gasteiger partial charge is 0.329 e. The van der Waals surface area contributed by atoms with Crippen molar-refractivity contribution in [1.82, 2.24) is 49.9 Å². The molecule has 2 bridgehead atoms. The number of aromatic nitrogens is 8. The van der Waals surface area contributed by atoms with Crippen LogP contribution in [0.3, 0.4) is 0 Å². The minimum absolute atomic E-state index is 0.00674. The monoisotopic (exact) mass is 1800 g/mol. The highest BCUT2D eigenvalue weighted by Crippen LogP contribution is 2.41. The zero-order valence-corrected chi connectivity index (χ0v) is 78.2. The number of ketones is 4. The fourth-order valence-corrected chi connectivity index (χ4v) is 17.2. The second-order valence-corrected chi connectivity index (χ2v) is 36.1. The number of anilines is 2. The molecule has 4 aromatic heterocycles. The summed E-state index contributed by atoms with van der Waals surface area (Å²) in [6.07, 6.45) is 21.6. The van der Waals surface area contributed by atoms with E-state index in [1.165, 1.54) is 18.3 Å². The van der Waals surface area contributed by atoms with Gasteiger partial charge in [0.15, 0.2) is 17.0 Å². The van der Waals surface area contributed by atoms with Crippen LogP contribution in [-0.2, 0) is 98.7 Å². The van der Waals surface area contributed by atoms with Crippen LogP contribution in [0.25, 0.3) is 33.4 Å². The molecule has 2 amide bonds. The first-order chi connectivity index (χ1) is 61.9. The summed E-state index contributed by atoms with van der Waals surface area (Å²) in [5.74, 6) is -7.15. The lowest BCUT2D eigenvalue weighted by atomic mass is 9.77. The number of aryl methyl sites for hydroxylation is 2. The molecule has 7 N–H and O–H groups in total. The molecule has 1 saturated carbocycles. The third kappa shape index (κ3) is 31.9. The van der Waals surface area contributed by atoms with Crippen molar-refractivity contribution in [2.75, 3.05) is 112 Å². The second-order valence-electron chi connectivity index (χ2n) is 36.1. The summed E-state index contributed by atoms with van der Waals surface area (Å²) in [4.78, 5) is 117. The molecule has 714 valence electrons. The minimum atomic E-state index is -2.47. The highest BCUT2D eigenvalue weighted by molar-refractivity contribution is 6.39. The first-order valence-corrected chi connectivity index (χ1v) is 46.3. The van der Waals surface area contributed by atoms with Crippen LogP contribution in [0.1, 0.15) is 222 Å². The number of carbonyl (C=O) groups excluding carboxylic acids is 7. The lowest BCUT2D eigenvalue weighted by molar-refractivity contribution is -0.265. The lowest BCUT2D eigenvalue weighted by Gasteiger charge is -2.42. The van der Waals surface area contributed by atoms with Gasteiger partial charge in [-0.25, -0.2) is 24.1 Å². The number of aliphatic hydroxyl groups is 2. The number of oxazole rings is 1. The number of ether oxygens (including phenoxy) is 10. The van der Waals surface area contributed by atoms with Crippen molar-refractivity contribution in [3.8, 4) is 11.3 Å². The third-order valence-electron chi connectivity index (χ3n) is 24.7. The van der Waals surface area contributed by atoms with E-state index >= 15 is 4.79 Å². The number of allylic oxidation sites excluding steroid dienone is 6. The molecule has 1 aromatic carbocycles. The Balaban J connectivity index is 0.655. The van der Waals surface area contributed by atoms with Crippen LogP contribution < -0.4 is 16.8 Å². The molecule has 0 radical (unpaired) electrons. The largest absolute Gasteiger partial charge is 0.460 e. The number of nitrogens with one attached hydrogen (secondary N) is 1. The maximum Gasteiger partial charge on any atom is 0.329 e. The number of benzene rings is 1. The number of amides is 2. The molecule has 129 heavy (non-hydrogen) atoms. The number of methoxy groups -OCH3 is 3. The van der Waals surface area contributed by atoms with Gasteiger partial charge in [-0.1, -0.05) is 87.9 Å². The second kappa shape index (κ2) is 52.3. The number of oxime groups is 1. The summed E-state index contributed by atoms with van der Waals surface area (Å²) in [6.45, 7) is 23.2. The Labute approximate surface area is 758 Å². The van der Waals surface area contributed by atoms with E-state index in [0.717, 1.165) is 42.5 Å². The number of hydrogen-bond donors (Lipinski definition) is 5. The molecule has 15 atom stereocenters. The topological polar surface area (TPSA) is 441 Å². The highest BCUT2D eigenvalue weighted by Gasteiger charge is 2.53. The van der Waals surface area contributed by atoms with E-state index in [0.29, 0.717) is 227 Å². The average Bonchev–Trinajstić information content (AvgIpc) is 1.37. The van der Waals surface area contributed by atoms with Crippen molar-refractivity contribution in [2.24, 2.45) is 40.7 Å². The lowest BCUT2D eigenvalue weighted by Crippen LogP contribution is -2.61. The molecule has 4 aliphatic rings. The summed E-state index contributed by atoms with van der Waals surface area (Å²) >= 11 is 0. The molecule has 9 rings (SSSR count). The molecule has 0 unspecified atom stereocenters. The zero-order valence-electron chi connectivity index (χ0n) is 78.2. The number of aliphatic hydroxyl groups excluding tert-OH is 1. The van der Waals surface area contributed by atoms with Gasteiger partial charge >= 0.3 is 5.97 Å². The maximum atomic E-state index is 15.2. The van der Waals surface area contributed by atoms with Gasteiger partial charge in [-0.3, -0.25) is 28.8 Å². The van der Waals surface area contributed by atoms with Gasteiger partial charge in [-0.05, 0) is 178 Å². The molecular weight excluding hydrogens is 1660 g/mol. The van der Waals surface area contributed by atoms with Crippen molar-refractivity contribution < 1.29 is 100 Å². The predicted molar refractivity (Wildman–Crippen MR) is 486 cm³/mol. The van der Waals surface area contributed by atoms with E-state index in [-0.39, 0.29) is 85.0 Å². The molecule has 0 spiro atoms. The number of fused-ring (bicyclic) bond motifs is 5. The van der Waals surface area contributed by atoms with E-state index in [1.54, 1.807) is 34.1 Å². The number of cyclic esters (lactones) is 1. The number of unbranched alkanes of at least 4 members (excludes halogenated alkanes) is 2. The molecule has 5 aromatic rings.